The maximum Gasteiger partial charge on any atom is 0.319 e. The normalized spacial score (nSPS) is 11.8. The molecule has 0 aliphatic rings. The van der Waals surface area contributed by atoms with Crippen molar-refractivity contribution in [3.05, 3.63) is 65.5 Å². The molecule has 0 radical (unpaired) electrons. The molecule has 0 spiro atoms. The third-order valence-corrected chi connectivity index (χ3v) is 5.29. The minimum Gasteiger partial charge on any atom is -0.456 e. The Morgan fingerprint density at radius 2 is 1.62 bits per heavy atom. The van der Waals surface area contributed by atoms with Crippen LogP contribution in [0, 0.1) is 5.82 Å². The molecule has 1 unspecified atom stereocenters. The first-order valence-electron chi connectivity index (χ1n) is 9.23. The number of thioether (sulfide) groups is 1. The first-order chi connectivity index (χ1) is 13.8. The van der Waals surface area contributed by atoms with E-state index in [-0.39, 0.29) is 29.9 Å². The van der Waals surface area contributed by atoms with E-state index in [1.165, 1.54) is 24.3 Å². The lowest BCUT2D eigenvalue weighted by Crippen LogP contribution is -2.23. The van der Waals surface area contributed by atoms with E-state index in [1.807, 2.05) is 12.1 Å². The minimum atomic E-state index is -0.606. The van der Waals surface area contributed by atoms with Crippen LogP contribution in [0.2, 0.25) is 0 Å². The molecule has 0 saturated carbocycles. The van der Waals surface area contributed by atoms with Gasteiger partial charge in [-0.15, -0.1) is 11.8 Å². The van der Waals surface area contributed by atoms with Gasteiger partial charge in [0.15, 0.2) is 12.4 Å². The van der Waals surface area contributed by atoms with E-state index in [1.54, 1.807) is 19.1 Å². The molecule has 1 amide bonds. The molecule has 0 saturated heterocycles. The summed E-state index contributed by atoms with van der Waals surface area (Å²) in [5.41, 5.74) is 2.09. The maximum absolute atomic E-state index is 12.9. The second-order valence-electron chi connectivity index (χ2n) is 6.82. The van der Waals surface area contributed by atoms with Gasteiger partial charge in [-0.3, -0.25) is 14.4 Å². The summed E-state index contributed by atoms with van der Waals surface area (Å²) in [5.74, 6) is -1.15. The number of carbonyl (C=O) groups excluding carboxylic acids is 3. The van der Waals surface area contributed by atoms with E-state index in [0.29, 0.717) is 17.2 Å². The predicted octanol–water partition coefficient (Wildman–Crippen LogP) is 4.44. The number of nitrogens with one attached hydrogen (secondary N) is 1. The zero-order valence-corrected chi connectivity index (χ0v) is 17.4. The van der Waals surface area contributed by atoms with Crippen LogP contribution in [0.4, 0.5) is 10.1 Å². The molecule has 29 heavy (non-hydrogen) atoms. The highest BCUT2D eigenvalue weighted by Crippen LogP contribution is 2.16. The van der Waals surface area contributed by atoms with Crippen LogP contribution in [0.5, 0.6) is 0 Å². The number of anilines is 1. The van der Waals surface area contributed by atoms with Crippen LogP contribution in [0.25, 0.3) is 0 Å². The molecule has 0 aliphatic heterocycles. The quantitative estimate of drug-likeness (QED) is 0.483. The molecule has 0 aliphatic carbocycles. The number of hydrogen-bond donors (Lipinski definition) is 1. The zero-order chi connectivity index (χ0) is 21.4. The number of rotatable bonds is 9. The van der Waals surface area contributed by atoms with Crippen LogP contribution in [0.3, 0.4) is 0 Å². The fraction of sp³-hybridized carbons (Fsp3) is 0.318. The van der Waals surface area contributed by atoms with Crippen LogP contribution in [-0.2, 0) is 14.3 Å². The average Bonchev–Trinajstić information content (AvgIpc) is 2.71. The number of Topliss-reactive ketones (excluding diaryl/α,β-unsaturated/α-hetero) is 1. The van der Waals surface area contributed by atoms with Gasteiger partial charge >= 0.3 is 5.97 Å². The van der Waals surface area contributed by atoms with E-state index >= 15 is 0 Å². The van der Waals surface area contributed by atoms with Crippen molar-refractivity contribution in [1.82, 2.24) is 0 Å². The zero-order valence-electron chi connectivity index (χ0n) is 16.6. The smallest absolute Gasteiger partial charge is 0.319 e. The van der Waals surface area contributed by atoms with E-state index in [0.717, 1.165) is 17.3 Å². The molecule has 2 aromatic rings. The number of ether oxygens (including phenoxy) is 1. The monoisotopic (exact) mass is 417 g/mol. The first kappa shape index (κ1) is 22.6. The number of ketones is 1. The van der Waals surface area contributed by atoms with Gasteiger partial charge < -0.3 is 10.1 Å². The molecule has 5 nitrogen and oxygen atoms in total. The van der Waals surface area contributed by atoms with E-state index in [4.69, 9.17) is 4.74 Å². The molecular weight excluding hydrogens is 393 g/mol. The molecule has 7 heteroatoms. The van der Waals surface area contributed by atoms with Gasteiger partial charge in [0.05, 0.1) is 5.75 Å². The molecule has 2 rings (SSSR count). The van der Waals surface area contributed by atoms with Gasteiger partial charge in [-0.05, 0) is 42.7 Å². The number of hydrogen-bond acceptors (Lipinski definition) is 5. The Labute approximate surface area is 174 Å². The third kappa shape index (κ3) is 7.34. The number of amides is 1. The van der Waals surface area contributed by atoms with Crippen molar-refractivity contribution in [2.45, 2.75) is 31.9 Å². The topological polar surface area (TPSA) is 72.5 Å². The van der Waals surface area contributed by atoms with Crippen molar-refractivity contribution in [2.24, 2.45) is 0 Å². The summed E-state index contributed by atoms with van der Waals surface area (Å²) in [6, 6.07) is 12.6. The van der Waals surface area contributed by atoms with Crippen molar-refractivity contribution < 1.29 is 23.5 Å². The Morgan fingerprint density at radius 1 is 1.00 bits per heavy atom. The Balaban J connectivity index is 1.74. The average molecular weight is 418 g/mol. The Bertz CT molecular complexity index is 850. The highest BCUT2D eigenvalue weighted by Gasteiger charge is 2.18. The fourth-order valence-corrected chi connectivity index (χ4v) is 3.07. The molecule has 0 fully saturated rings. The van der Waals surface area contributed by atoms with Crippen molar-refractivity contribution in [3.8, 4) is 0 Å². The Hall–Kier alpha value is -2.67. The molecule has 1 atom stereocenters. The molecule has 0 bridgehead atoms. The minimum absolute atomic E-state index is 0.0260. The second-order valence-corrected chi connectivity index (χ2v) is 8.15. The van der Waals surface area contributed by atoms with Crippen molar-refractivity contribution >= 4 is 35.1 Å². The highest BCUT2D eigenvalue weighted by molar-refractivity contribution is 8.01. The Morgan fingerprint density at radius 3 is 2.21 bits per heavy atom. The molecule has 154 valence electrons. The molecule has 0 aromatic heterocycles. The third-order valence-electron chi connectivity index (χ3n) is 4.17. The summed E-state index contributed by atoms with van der Waals surface area (Å²) >= 11 is 1.10. The first-order valence-corrected chi connectivity index (χ1v) is 10.3. The van der Waals surface area contributed by atoms with E-state index in [2.05, 4.69) is 19.2 Å². The number of halogens is 1. The van der Waals surface area contributed by atoms with Gasteiger partial charge in [0.1, 0.15) is 11.1 Å². The molecule has 0 heterocycles. The molecule has 1 N–H and O–H groups in total. The maximum atomic E-state index is 12.9. The van der Waals surface area contributed by atoms with Gasteiger partial charge in [-0.1, -0.05) is 38.1 Å². The van der Waals surface area contributed by atoms with Gasteiger partial charge in [0.2, 0.25) is 5.91 Å². The van der Waals surface area contributed by atoms with Crippen molar-refractivity contribution in [2.75, 3.05) is 17.7 Å². The SMILES string of the molecule is CC(SCC(=O)Nc1ccc(F)cc1)C(=O)OCC(=O)c1ccc(C(C)C)cc1. The summed E-state index contributed by atoms with van der Waals surface area (Å²) < 4.78 is 17.9. The van der Waals surface area contributed by atoms with E-state index < -0.39 is 11.2 Å². The Kier molecular flexibility index (Phi) is 8.39. The lowest BCUT2D eigenvalue weighted by molar-refractivity contribution is -0.141. The fourth-order valence-electron chi connectivity index (χ4n) is 2.39. The van der Waals surface area contributed by atoms with Gasteiger partial charge in [-0.25, -0.2) is 4.39 Å². The summed E-state index contributed by atoms with van der Waals surface area (Å²) in [5, 5.41) is 2.01. The van der Waals surface area contributed by atoms with Gasteiger partial charge in [-0.2, -0.15) is 0 Å². The van der Waals surface area contributed by atoms with Crippen LogP contribution in [0.1, 0.15) is 42.6 Å². The van der Waals surface area contributed by atoms with Crippen LogP contribution in [-0.4, -0.2) is 35.3 Å². The van der Waals surface area contributed by atoms with Gasteiger partial charge in [0.25, 0.3) is 0 Å². The summed E-state index contributed by atoms with van der Waals surface area (Å²) in [6.07, 6.45) is 0. The second kappa shape index (κ2) is 10.8. The predicted molar refractivity (Wildman–Crippen MR) is 113 cm³/mol. The summed E-state index contributed by atoms with van der Waals surface area (Å²) in [4.78, 5) is 36.2. The summed E-state index contributed by atoms with van der Waals surface area (Å²) in [6.45, 7) is 5.40. The number of benzene rings is 2. The van der Waals surface area contributed by atoms with Crippen molar-refractivity contribution in [3.63, 3.8) is 0 Å². The lowest BCUT2D eigenvalue weighted by Gasteiger charge is -2.11. The summed E-state index contributed by atoms with van der Waals surface area (Å²) in [7, 11) is 0. The molecular formula is C22H24FNO4S. The van der Waals surface area contributed by atoms with Crippen molar-refractivity contribution in [1.29, 1.82) is 0 Å². The number of esters is 1. The van der Waals surface area contributed by atoms with Gasteiger partial charge in [0, 0.05) is 11.3 Å². The standard InChI is InChI=1S/C22H24FNO4S/c1-14(2)16-4-6-17(7-5-16)20(25)12-28-22(27)15(3)29-13-21(26)24-19-10-8-18(23)9-11-19/h4-11,14-15H,12-13H2,1-3H3,(H,24,26). The largest absolute Gasteiger partial charge is 0.456 e. The highest BCUT2D eigenvalue weighted by atomic mass is 32.2. The molecule has 2 aromatic carbocycles. The lowest BCUT2D eigenvalue weighted by atomic mass is 10.0. The van der Waals surface area contributed by atoms with Crippen LogP contribution >= 0.6 is 11.8 Å². The van der Waals surface area contributed by atoms with Crippen LogP contribution in [0.15, 0.2) is 48.5 Å². The van der Waals surface area contributed by atoms with E-state index in [9.17, 15) is 18.8 Å². The number of carbonyl (C=O) groups is 3. The van der Waals surface area contributed by atoms with Crippen LogP contribution < -0.4 is 5.32 Å².